The van der Waals surface area contributed by atoms with E-state index in [1.165, 1.54) is 36.0 Å². The number of carbonyl (C=O) groups excluding carboxylic acids is 1. The molecule has 104 valence electrons. The van der Waals surface area contributed by atoms with Crippen LogP contribution in [0.1, 0.15) is 16.8 Å². The van der Waals surface area contributed by atoms with Gasteiger partial charge in [-0.25, -0.2) is 4.39 Å². The van der Waals surface area contributed by atoms with E-state index in [1.54, 1.807) is 18.2 Å². The Morgan fingerprint density at radius 1 is 1.10 bits per heavy atom. The summed E-state index contributed by atoms with van der Waals surface area (Å²) in [5.74, 6) is 0.230. The van der Waals surface area contributed by atoms with Crippen LogP contribution in [0.4, 0.5) is 4.39 Å². The number of halogens is 3. The summed E-state index contributed by atoms with van der Waals surface area (Å²) in [6.45, 7) is 0. The van der Waals surface area contributed by atoms with Gasteiger partial charge in [0.15, 0.2) is 5.78 Å². The minimum Gasteiger partial charge on any atom is -0.294 e. The topological polar surface area (TPSA) is 17.1 Å². The highest BCUT2D eigenvalue weighted by atomic mass is 35.5. The Hall–Kier alpha value is -1.03. The molecule has 1 nitrogen and oxygen atoms in total. The molecule has 20 heavy (non-hydrogen) atoms. The summed E-state index contributed by atoms with van der Waals surface area (Å²) in [6, 6.07) is 10.8. The van der Waals surface area contributed by atoms with Crippen LogP contribution in [0.3, 0.4) is 0 Å². The zero-order valence-corrected chi connectivity index (χ0v) is 12.7. The molecule has 0 aromatic heterocycles. The van der Waals surface area contributed by atoms with Crippen LogP contribution in [0.25, 0.3) is 0 Å². The maximum atomic E-state index is 12.8. The Morgan fingerprint density at radius 2 is 1.80 bits per heavy atom. The minimum atomic E-state index is -0.346. The number of benzene rings is 2. The standard InChI is InChI=1S/C15H11Cl2FOS/c16-11-3-6-13(17)15(9-11)20-8-7-14(19)10-1-4-12(18)5-2-10/h1-6,9H,7-8H2. The Labute approximate surface area is 131 Å². The third kappa shape index (κ3) is 4.23. The summed E-state index contributed by atoms with van der Waals surface area (Å²) in [5.41, 5.74) is 0.518. The molecule has 0 saturated heterocycles. The first-order valence-electron chi connectivity index (χ1n) is 5.93. The van der Waals surface area contributed by atoms with Crippen molar-refractivity contribution in [3.63, 3.8) is 0 Å². The normalized spacial score (nSPS) is 10.6. The van der Waals surface area contributed by atoms with E-state index in [4.69, 9.17) is 23.2 Å². The van der Waals surface area contributed by atoms with Gasteiger partial charge in [0.2, 0.25) is 0 Å². The lowest BCUT2D eigenvalue weighted by Gasteiger charge is -2.05. The van der Waals surface area contributed by atoms with Crippen molar-refractivity contribution in [2.24, 2.45) is 0 Å². The Balaban J connectivity index is 1.91. The first kappa shape index (κ1) is 15.4. The van der Waals surface area contributed by atoms with Gasteiger partial charge in [-0.2, -0.15) is 0 Å². The van der Waals surface area contributed by atoms with Crippen LogP contribution in [-0.2, 0) is 0 Å². The Bertz CT molecular complexity index is 614. The van der Waals surface area contributed by atoms with Crippen LogP contribution in [0.15, 0.2) is 47.4 Å². The number of hydrogen-bond donors (Lipinski definition) is 0. The molecular formula is C15H11Cl2FOS. The summed E-state index contributed by atoms with van der Waals surface area (Å²) in [6.07, 6.45) is 0.360. The number of carbonyl (C=O) groups is 1. The highest BCUT2D eigenvalue weighted by Crippen LogP contribution is 2.30. The third-order valence-electron chi connectivity index (χ3n) is 2.65. The van der Waals surface area contributed by atoms with Crippen LogP contribution < -0.4 is 0 Å². The first-order chi connectivity index (χ1) is 9.56. The predicted molar refractivity (Wildman–Crippen MR) is 82.5 cm³/mol. The lowest BCUT2D eigenvalue weighted by molar-refractivity contribution is 0.0989. The molecule has 2 aromatic carbocycles. The molecule has 2 rings (SSSR count). The highest BCUT2D eigenvalue weighted by molar-refractivity contribution is 7.99. The minimum absolute atomic E-state index is 0.0179. The second-order valence-corrected chi connectivity index (χ2v) is 6.08. The lowest BCUT2D eigenvalue weighted by atomic mass is 10.1. The SMILES string of the molecule is O=C(CCSc1cc(Cl)ccc1Cl)c1ccc(F)cc1. The number of hydrogen-bond acceptors (Lipinski definition) is 2. The Morgan fingerprint density at radius 3 is 2.50 bits per heavy atom. The van der Waals surface area contributed by atoms with Crippen molar-refractivity contribution in [2.45, 2.75) is 11.3 Å². The first-order valence-corrected chi connectivity index (χ1v) is 7.67. The van der Waals surface area contributed by atoms with Gasteiger partial charge in [0, 0.05) is 27.7 Å². The predicted octanol–water partition coefficient (Wildman–Crippen LogP) is 5.50. The van der Waals surface area contributed by atoms with Crippen molar-refractivity contribution in [1.82, 2.24) is 0 Å². The molecule has 0 saturated carbocycles. The monoisotopic (exact) mass is 328 g/mol. The van der Waals surface area contributed by atoms with E-state index in [2.05, 4.69) is 0 Å². The van der Waals surface area contributed by atoms with E-state index >= 15 is 0 Å². The summed E-state index contributed by atoms with van der Waals surface area (Å²) in [5, 5.41) is 1.23. The molecule has 0 amide bonds. The van der Waals surface area contributed by atoms with Crippen LogP contribution in [0.5, 0.6) is 0 Å². The number of Topliss-reactive ketones (excluding diaryl/α,β-unsaturated/α-hetero) is 1. The van der Waals surface area contributed by atoms with Gasteiger partial charge < -0.3 is 0 Å². The summed E-state index contributed by atoms with van der Waals surface area (Å²) in [7, 11) is 0. The fourth-order valence-electron chi connectivity index (χ4n) is 1.62. The third-order valence-corrected chi connectivity index (χ3v) is 4.38. The van der Waals surface area contributed by atoms with E-state index in [0.29, 0.717) is 27.8 Å². The van der Waals surface area contributed by atoms with E-state index < -0.39 is 0 Å². The molecule has 0 aliphatic heterocycles. The summed E-state index contributed by atoms with van der Waals surface area (Å²) >= 11 is 13.4. The van der Waals surface area contributed by atoms with Gasteiger partial charge in [0.1, 0.15) is 5.82 Å². The molecule has 0 bridgehead atoms. The molecule has 0 fully saturated rings. The van der Waals surface area contributed by atoms with Crippen LogP contribution >= 0.6 is 35.0 Å². The lowest BCUT2D eigenvalue weighted by Crippen LogP contribution is -2.00. The zero-order chi connectivity index (χ0) is 14.5. The van der Waals surface area contributed by atoms with Gasteiger partial charge in [-0.15, -0.1) is 11.8 Å². The van der Waals surface area contributed by atoms with E-state index in [1.807, 2.05) is 0 Å². The molecule has 0 aliphatic rings. The van der Waals surface area contributed by atoms with Crippen molar-refractivity contribution in [1.29, 1.82) is 0 Å². The van der Waals surface area contributed by atoms with Gasteiger partial charge in [0.25, 0.3) is 0 Å². The van der Waals surface area contributed by atoms with Crippen molar-refractivity contribution in [2.75, 3.05) is 5.75 Å². The molecule has 0 aliphatic carbocycles. The summed E-state index contributed by atoms with van der Waals surface area (Å²) in [4.78, 5) is 12.8. The quantitative estimate of drug-likeness (QED) is 0.532. The molecule has 0 radical (unpaired) electrons. The maximum absolute atomic E-state index is 12.8. The van der Waals surface area contributed by atoms with Crippen molar-refractivity contribution in [3.05, 3.63) is 63.9 Å². The molecule has 5 heteroatoms. The molecule has 2 aromatic rings. The fraction of sp³-hybridized carbons (Fsp3) is 0.133. The van der Waals surface area contributed by atoms with E-state index in [0.717, 1.165) is 4.90 Å². The molecule has 0 heterocycles. The molecule has 0 atom stereocenters. The Kier molecular flexibility index (Phi) is 5.46. The largest absolute Gasteiger partial charge is 0.294 e. The average molecular weight is 329 g/mol. The molecule has 0 spiro atoms. The van der Waals surface area contributed by atoms with Gasteiger partial charge in [0.05, 0.1) is 5.02 Å². The van der Waals surface area contributed by atoms with Crippen molar-refractivity contribution >= 4 is 40.7 Å². The second kappa shape index (κ2) is 7.11. The number of rotatable bonds is 5. The molecular weight excluding hydrogens is 318 g/mol. The number of ketones is 1. The van der Waals surface area contributed by atoms with Crippen LogP contribution in [0.2, 0.25) is 10.0 Å². The maximum Gasteiger partial charge on any atom is 0.163 e. The molecule has 0 N–H and O–H groups in total. The van der Waals surface area contributed by atoms with Gasteiger partial charge in [-0.3, -0.25) is 4.79 Å². The average Bonchev–Trinajstić information content (AvgIpc) is 2.43. The van der Waals surface area contributed by atoms with Crippen molar-refractivity contribution in [3.8, 4) is 0 Å². The highest BCUT2D eigenvalue weighted by Gasteiger charge is 2.08. The van der Waals surface area contributed by atoms with Crippen molar-refractivity contribution < 1.29 is 9.18 Å². The second-order valence-electron chi connectivity index (χ2n) is 4.10. The number of thioether (sulfide) groups is 1. The summed E-state index contributed by atoms with van der Waals surface area (Å²) < 4.78 is 12.8. The van der Waals surface area contributed by atoms with Crippen LogP contribution in [0, 0.1) is 5.82 Å². The van der Waals surface area contributed by atoms with Crippen LogP contribution in [-0.4, -0.2) is 11.5 Å². The molecule has 0 unspecified atom stereocenters. The smallest absolute Gasteiger partial charge is 0.163 e. The van der Waals surface area contributed by atoms with Gasteiger partial charge >= 0.3 is 0 Å². The zero-order valence-electron chi connectivity index (χ0n) is 10.4. The van der Waals surface area contributed by atoms with E-state index in [-0.39, 0.29) is 11.6 Å². The fourth-order valence-corrected chi connectivity index (χ4v) is 3.06. The van der Waals surface area contributed by atoms with Gasteiger partial charge in [-0.05, 0) is 42.5 Å². The van der Waals surface area contributed by atoms with E-state index in [9.17, 15) is 9.18 Å². The van der Waals surface area contributed by atoms with Gasteiger partial charge in [-0.1, -0.05) is 23.2 Å².